The predicted octanol–water partition coefficient (Wildman–Crippen LogP) is 0.206. The molecular weight excluding hydrogens is 210 g/mol. The van der Waals surface area contributed by atoms with Crippen molar-refractivity contribution in [1.82, 2.24) is 5.32 Å². The predicted molar refractivity (Wildman–Crippen MR) is 55.4 cm³/mol. The van der Waals surface area contributed by atoms with E-state index in [2.05, 4.69) is 5.32 Å². The second-order valence-electron chi connectivity index (χ2n) is 4.80. The zero-order valence-corrected chi connectivity index (χ0v) is 9.65. The number of amides is 1. The summed E-state index contributed by atoms with van der Waals surface area (Å²) in [4.78, 5) is 21.9. The second kappa shape index (κ2) is 4.55. The molecule has 1 N–H and O–H groups in total. The standard InChI is InChI=1S/C11H17NO4/c1-11(2,3)16-10(15)12-8-5-4-7(6-8)9(13)14/h4-5,7-8H,6H2,1-3H3,(H,12,15)(H,13,14)/p-1. The van der Waals surface area contributed by atoms with E-state index in [0.29, 0.717) is 6.42 Å². The molecule has 90 valence electrons. The van der Waals surface area contributed by atoms with Crippen LogP contribution in [0.15, 0.2) is 12.2 Å². The number of hydrogen-bond acceptors (Lipinski definition) is 4. The topological polar surface area (TPSA) is 78.5 Å². The molecule has 0 heterocycles. The molecule has 1 rings (SSSR count). The normalized spacial score (nSPS) is 24.2. The average Bonchev–Trinajstić information content (AvgIpc) is 2.48. The summed E-state index contributed by atoms with van der Waals surface area (Å²) in [6.07, 6.45) is 2.95. The number of aliphatic carboxylic acids is 1. The highest BCUT2D eigenvalue weighted by atomic mass is 16.6. The summed E-state index contributed by atoms with van der Waals surface area (Å²) in [6, 6.07) is -0.294. The lowest BCUT2D eigenvalue weighted by Crippen LogP contribution is -2.39. The Morgan fingerprint density at radius 1 is 1.38 bits per heavy atom. The minimum absolute atomic E-state index is 0.294. The molecule has 0 saturated heterocycles. The lowest BCUT2D eigenvalue weighted by molar-refractivity contribution is -0.309. The van der Waals surface area contributed by atoms with Crippen molar-refractivity contribution in [3.63, 3.8) is 0 Å². The molecule has 1 aliphatic carbocycles. The Balaban J connectivity index is 2.38. The summed E-state index contributed by atoms with van der Waals surface area (Å²) in [5.74, 6) is -1.75. The van der Waals surface area contributed by atoms with Crippen LogP contribution in [0.5, 0.6) is 0 Å². The summed E-state index contributed by atoms with van der Waals surface area (Å²) in [6.45, 7) is 5.29. The third-order valence-corrected chi connectivity index (χ3v) is 2.09. The van der Waals surface area contributed by atoms with E-state index in [1.807, 2.05) is 0 Å². The minimum Gasteiger partial charge on any atom is -0.550 e. The number of alkyl carbamates (subject to hydrolysis) is 1. The number of hydrogen-bond donors (Lipinski definition) is 1. The first-order valence-electron chi connectivity index (χ1n) is 5.16. The van der Waals surface area contributed by atoms with Gasteiger partial charge in [-0.2, -0.15) is 0 Å². The van der Waals surface area contributed by atoms with Gasteiger partial charge in [0.2, 0.25) is 0 Å². The fourth-order valence-corrected chi connectivity index (χ4v) is 1.44. The third-order valence-electron chi connectivity index (χ3n) is 2.09. The monoisotopic (exact) mass is 226 g/mol. The highest BCUT2D eigenvalue weighted by Crippen LogP contribution is 2.17. The molecule has 0 fully saturated rings. The summed E-state index contributed by atoms with van der Waals surface area (Å²) < 4.78 is 5.05. The quantitative estimate of drug-likeness (QED) is 0.682. The van der Waals surface area contributed by atoms with Gasteiger partial charge in [-0.25, -0.2) is 4.79 Å². The molecule has 0 bridgehead atoms. The summed E-state index contributed by atoms with van der Waals surface area (Å²) in [7, 11) is 0. The lowest BCUT2D eigenvalue weighted by atomic mass is 10.1. The Hall–Kier alpha value is -1.52. The number of carbonyl (C=O) groups excluding carboxylic acids is 2. The largest absolute Gasteiger partial charge is 0.550 e. The molecule has 0 spiro atoms. The van der Waals surface area contributed by atoms with Crippen molar-refractivity contribution >= 4 is 12.1 Å². The number of nitrogens with one attached hydrogen (secondary N) is 1. The summed E-state index contributed by atoms with van der Waals surface area (Å²) in [5, 5.41) is 13.1. The summed E-state index contributed by atoms with van der Waals surface area (Å²) >= 11 is 0. The van der Waals surface area contributed by atoms with E-state index in [4.69, 9.17) is 4.74 Å². The fraction of sp³-hybridized carbons (Fsp3) is 0.636. The smallest absolute Gasteiger partial charge is 0.408 e. The average molecular weight is 226 g/mol. The molecule has 16 heavy (non-hydrogen) atoms. The molecule has 1 amide bonds. The van der Waals surface area contributed by atoms with Crippen molar-refractivity contribution in [2.45, 2.75) is 38.8 Å². The molecular formula is C11H16NO4-. The lowest BCUT2D eigenvalue weighted by Gasteiger charge is -2.21. The van der Waals surface area contributed by atoms with E-state index >= 15 is 0 Å². The van der Waals surface area contributed by atoms with Crippen molar-refractivity contribution in [2.75, 3.05) is 0 Å². The van der Waals surface area contributed by atoms with Crippen molar-refractivity contribution in [1.29, 1.82) is 0 Å². The molecule has 2 unspecified atom stereocenters. The molecule has 0 aromatic carbocycles. The van der Waals surface area contributed by atoms with Gasteiger partial charge in [0, 0.05) is 11.9 Å². The molecule has 1 aliphatic rings. The van der Waals surface area contributed by atoms with Gasteiger partial charge in [0.25, 0.3) is 0 Å². The molecule has 2 atom stereocenters. The first-order valence-corrected chi connectivity index (χ1v) is 5.16. The van der Waals surface area contributed by atoms with Crippen molar-refractivity contribution < 1.29 is 19.4 Å². The van der Waals surface area contributed by atoms with Crippen LogP contribution < -0.4 is 10.4 Å². The minimum atomic E-state index is -1.12. The summed E-state index contributed by atoms with van der Waals surface area (Å²) in [5.41, 5.74) is -0.555. The van der Waals surface area contributed by atoms with Gasteiger partial charge in [-0.1, -0.05) is 12.2 Å². The van der Waals surface area contributed by atoms with Crippen LogP contribution in [-0.4, -0.2) is 23.7 Å². The number of ether oxygens (including phenoxy) is 1. The van der Waals surface area contributed by atoms with Gasteiger partial charge in [0.05, 0.1) is 6.04 Å². The fourth-order valence-electron chi connectivity index (χ4n) is 1.44. The molecule has 0 radical (unpaired) electrons. The van der Waals surface area contributed by atoms with Gasteiger partial charge in [-0.15, -0.1) is 0 Å². The van der Waals surface area contributed by atoms with Gasteiger partial charge in [-0.3, -0.25) is 0 Å². The zero-order chi connectivity index (χ0) is 12.3. The van der Waals surface area contributed by atoms with Gasteiger partial charge < -0.3 is 20.0 Å². The number of carboxylic acids is 1. The van der Waals surface area contributed by atoms with Crippen LogP contribution >= 0.6 is 0 Å². The molecule has 5 nitrogen and oxygen atoms in total. The van der Waals surface area contributed by atoms with Crippen molar-refractivity contribution in [2.24, 2.45) is 5.92 Å². The van der Waals surface area contributed by atoms with Gasteiger partial charge >= 0.3 is 6.09 Å². The number of carbonyl (C=O) groups is 2. The van der Waals surface area contributed by atoms with E-state index in [0.717, 1.165) is 0 Å². The van der Waals surface area contributed by atoms with Crippen LogP contribution in [0.4, 0.5) is 4.79 Å². The van der Waals surface area contributed by atoms with Crippen LogP contribution in [0, 0.1) is 5.92 Å². The zero-order valence-electron chi connectivity index (χ0n) is 9.65. The van der Waals surface area contributed by atoms with Crippen molar-refractivity contribution in [3.05, 3.63) is 12.2 Å². The highest BCUT2D eigenvalue weighted by Gasteiger charge is 2.23. The van der Waals surface area contributed by atoms with Crippen LogP contribution in [0.2, 0.25) is 0 Å². The van der Waals surface area contributed by atoms with Gasteiger partial charge in [0.15, 0.2) is 0 Å². The van der Waals surface area contributed by atoms with Crippen LogP contribution in [0.3, 0.4) is 0 Å². The van der Waals surface area contributed by atoms with Crippen LogP contribution in [0.1, 0.15) is 27.2 Å². The molecule has 0 aromatic rings. The van der Waals surface area contributed by atoms with E-state index in [1.54, 1.807) is 26.8 Å². The molecule has 0 aliphatic heterocycles. The van der Waals surface area contributed by atoms with E-state index < -0.39 is 23.6 Å². The first kappa shape index (κ1) is 12.5. The highest BCUT2D eigenvalue weighted by molar-refractivity contribution is 5.72. The van der Waals surface area contributed by atoms with E-state index in [-0.39, 0.29) is 6.04 Å². The molecule has 0 aromatic heterocycles. The van der Waals surface area contributed by atoms with Gasteiger partial charge in [-0.05, 0) is 27.2 Å². The van der Waals surface area contributed by atoms with E-state index in [1.165, 1.54) is 6.08 Å². The maximum atomic E-state index is 11.4. The Morgan fingerprint density at radius 3 is 2.44 bits per heavy atom. The Bertz CT molecular complexity index is 316. The molecule has 0 saturated carbocycles. The van der Waals surface area contributed by atoms with Crippen molar-refractivity contribution in [3.8, 4) is 0 Å². The Labute approximate surface area is 94.5 Å². The van der Waals surface area contributed by atoms with Gasteiger partial charge in [0.1, 0.15) is 5.60 Å². The first-order chi connectivity index (χ1) is 7.28. The maximum absolute atomic E-state index is 11.4. The molecule has 5 heteroatoms. The Kier molecular flexibility index (Phi) is 3.57. The third kappa shape index (κ3) is 3.92. The van der Waals surface area contributed by atoms with E-state index in [9.17, 15) is 14.7 Å². The van der Waals surface area contributed by atoms with Crippen LogP contribution in [0.25, 0.3) is 0 Å². The number of carboxylic acid groups (broad SMARTS) is 1. The number of rotatable bonds is 2. The SMILES string of the molecule is CC(C)(C)OC(=O)NC1C=CC(C(=O)[O-])C1. The maximum Gasteiger partial charge on any atom is 0.408 e. The second-order valence-corrected chi connectivity index (χ2v) is 4.80. The van der Waals surface area contributed by atoms with Crippen LogP contribution in [-0.2, 0) is 9.53 Å². The Morgan fingerprint density at radius 2 is 2.00 bits per heavy atom.